The Morgan fingerprint density at radius 3 is 2.65 bits per heavy atom. The molecule has 20 heavy (non-hydrogen) atoms. The van der Waals surface area contributed by atoms with E-state index in [-0.39, 0.29) is 17.4 Å². The predicted octanol–water partition coefficient (Wildman–Crippen LogP) is 1.96. The third-order valence-electron chi connectivity index (χ3n) is 3.80. The Hall–Kier alpha value is -0.920. The molecule has 2 aliphatic rings. The Morgan fingerprint density at radius 1 is 1.55 bits per heavy atom. The fraction of sp³-hybridized carbons (Fsp3) is 0.500. The standard InChI is InChI=1S/C12H13ClN2O3S2/c1-6(16)9-4-7(13)10(19-9)8-5-20(17,18)12(2-3-12)11(14)15-8/h4,8H,2-3,5H2,1H3,(H2,14,15)/t8-/m0/s1. The van der Waals surface area contributed by atoms with Crippen molar-refractivity contribution in [2.75, 3.05) is 5.75 Å². The van der Waals surface area contributed by atoms with Crippen molar-refractivity contribution in [2.45, 2.75) is 30.6 Å². The molecule has 0 radical (unpaired) electrons. The third kappa shape index (κ3) is 1.91. The molecule has 5 nitrogen and oxygen atoms in total. The van der Waals surface area contributed by atoms with Gasteiger partial charge in [0.25, 0.3) is 0 Å². The number of hydrogen-bond acceptors (Lipinski definition) is 6. The topological polar surface area (TPSA) is 89.6 Å². The summed E-state index contributed by atoms with van der Waals surface area (Å²) in [7, 11) is -3.32. The van der Waals surface area contributed by atoms with Gasteiger partial charge in [0.2, 0.25) is 0 Å². The predicted molar refractivity (Wildman–Crippen MR) is 79.4 cm³/mol. The Kier molecular flexibility index (Phi) is 3.01. The number of ketones is 1. The first-order valence-electron chi connectivity index (χ1n) is 6.13. The Labute approximate surface area is 125 Å². The van der Waals surface area contributed by atoms with Gasteiger partial charge in [-0.3, -0.25) is 9.79 Å². The number of hydrogen-bond donors (Lipinski definition) is 1. The molecule has 2 heterocycles. The van der Waals surface area contributed by atoms with Crippen LogP contribution in [-0.2, 0) is 9.84 Å². The molecule has 0 amide bonds. The Bertz CT molecular complexity index is 732. The van der Waals surface area contributed by atoms with Gasteiger partial charge in [-0.15, -0.1) is 11.3 Å². The van der Waals surface area contributed by atoms with Crippen LogP contribution in [-0.4, -0.2) is 30.5 Å². The van der Waals surface area contributed by atoms with Gasteiger partial charge in [0.15, 0.2) is 15.6 Å². The van der Waals surface area contributed by atoms with Crippen LogP contribution in [0.3, 0.4) is 0 Å². The van der Waals surface area contributed by atoms with Gasteiger partial charge >= 0.3 is 0 Å². The minimum atomic E-state index is -3.32. The molecule has 0 saturated heterocycles. The van der Waals surface area contributed by atoms with Crippen LogP contribution >= 0.6 is 22.9 Å². The molecule has 1 spiro atoms. The summed E-state index contributed by atoms with van der Waals surface area (Å²) in [5.41, 5.74) is 5.86. The number of nitrogens with zero attached hydrogens (tertiary/aromatic N) is 1. The van der Waals surface area contributed by atoms with E-state index >= 15 is 0 Å². The van der Waals surface area contributed by atoms with E-state index < -0.39 is 20.6 Å². The van der Waals surface area contributed by atoms with Crippen molar-refractivity contribution in [2.24, 2.45) is 10.7 Å². The third-order valence-corrected chi connectivity index (χ3v) is 8.13. The van der Waals surface area contributed by atoms with Crippen LogP contribution in [0, 0.1) is 0 Å². The normalized spacial score (nSPS) is 26.3. The molecule has 1 aliphatic heterocycles. The molecule has 1 saturated carbocycles. The van der Waals surface area contributed by atoms with Crippen LogP contribution in [0.25, 0.3) is 0 Å². The molecule has 1 aromatic rings. The Balaban J connectivity index is 2.04. The summed E-state index contributed by atoms with van der Waals surface area (Å²) in [5.74, 6) is -0.00863. The van der Waals surface area contributed by atoms with Crippen molar-refractivity contribution in [1.82, 2.24) is 0 Å². The van der Waals surface area contributed by atoms with E-state index in [1.165, 1.54) is 18.3 Å². The SMILES string of the molecule is CC(=O)c1cc(Cl)c([C@@H]2CS(=O)(=O)C3(CC3)C(N)=N2)s1. The van der Waals surface area contributed by atoms with Crippen LogP contribution < -0.4 is 5.73 Å². The molecule has 2 N–H and O–H groups in total. The Morgan fingerprint density at radius 2 is 2.20 bits per heavy atom. The highest BCUT2D eigenvalue weighted by atomic mass is 35.5. The molecular formula is C12H13ClN2O3S2. The van der Waals surface area contributed by atoms with Crippen LogP contribution in [0.1, 0.15) is 40.4 Å². The first-order valence-corrected chi connectivity index (χ1v) is 8.98. The lowest BCUT2D eigenvalue weighted by Crippen LogP contribution is -2.44. The maximum absolute atomic E-state index is 12.3. The number of nitrogens with two attached hydrogens (primary N) is 1. The van der Waals surface area contributed by atoms with Crippen molar-refractivity contribution in [3.63, 3.8) is 0 Å². The molecule has 1 atom stereocenters. The summed E-state index contributed by atoms with van der Waals surface area (Å²) in [6.45, 7) is 1.44. The molecule has 1 aliphatic carbocycles. The van der Waals surface area contributed by atoms with Gasteiger partial charge in [-0.25, -0.2) is 8.42 Å². The lowest BCUT2D eigenvalue weighted by atomic mass is 10.2. The lowest BCUT2D eigenvalue weighted by molar-refractivity contribution is 0.102. The second-order valence-electron chi connectivity index (χ2n) is 5.18. The van der Waals surface area contributed by atoms with Gasteiger partial charge in [0.1, 0.15) is 16.6 Å². The molecule has 0 unspecified atom stereocenters. The first-order chi connectivity index (χ1) is 9.27. The number of thiophene rings is 1. The monoisotopic (exact) mass is 332 g/mol. The van der Waals surface area contributed by atoms with Crippen LogP contribution in [0.2, 0.25) is 5.02 Å². The number of amidine groups is 1. The quantitative estimate of drug-likeness (QED) is 0.838. The molecule has 1 aromatic heterocycles. The van der Waals surface area contributed by atoms with E-state index in [2.05, 4.69) is 4.99 Å². The number of aliphatic imine (C=N–C) groups is 1. The maximum atomic E-state index is 12.3. The molecule has 0 bridgehead atoms. The summed E-state index contributed by atoms with van der Waals surface area (Å²) in [4.78, 5) is 16.8. The van der Waals surface area contributed by atoms with E-state index in [0.29, 0.717) is 27.6 Å². The van der Waals surface area contributed by atoms with Crippen LogP contribution in [0.15, 0.2) is 11.1 Å². The van der Waals surface area contributed by atoms with E-state index in [4.69, 9.17) is 17.3 Å². The molecule has 3 rings (SSSR count). The van der Waals surface area contributed by atoms with E-state index in [1.807, 2.05) is 0 Å². The molecule has 1 fully saturated rings. The van der Waals surface area contributed by atoms with Crippen molar-refractivity contribution in [3.05, 3.63) is 20.8 Å². The highest BCUT2D eigenvalue weighted by molar-refractivity contribution is 7.94. The molecule has 8 heteroatoms. The van der Waals surface area contributed by atoms with Crippen molar-refractivity contribution < 1.29 is 13.2 Å². The van der Waals surface area contributed by atoms with Crippen molar-refractivity contribution in [3.8, 4) is 0 Å². The summed E-state index contributed by atoms with van der Waals surface area (Å²) >= 11 is 7.29. The number of sulfone groups is 1. The average Bonchev–Trinajstić information content (AvgIpc) is 3.05. The fourth-order valence-electron chi connectivity index (χ4n) is 2.45. The first kappa shape index (κ1) is 14.0. The number of Topliss-reactive ketones (excluding diaryl/α,β-unsaturated/α-hetero) is 1. The zero-order chi connectivity index (χ0) is 14.7. The molecular weight excluding hydrogens is 320 g/mol. The maximum Gasteiger partial charge on any atom is 0.169 e. The zero-order valence-corrected chi connectivity index (χ0v) is 13.1. The summed E-state index contributed by atoms with van der Waals surface area (Å²) in [5, 5.41) is 0.378. The summed E-state index contributed by atoms with van der Waals surface area (Å²) in [6.07, 6.45) is 1.10. The smallest absolute Gasteiger partial charge is 0.169 e. The zero-order valence-electron chi connectivity index (χ0n) is 10.7. The summed E-state index contributed by atoms with van der Waals surface area (Å²) in [6, 6.07) is 0.959. The van der Waals surface area contributed by atoms with Crippen LogP contribution in [0.4, 0.5) is 0 Å². The fourth-order valence-corrected chi connectivity index (χ4v) is 6.03. The van der Waals surface area contributed by atoms with Crippen molar-refractivity contribution in [1.29, 1.82) is 0 Å². The molecule has 108 valence electrons. The minimum Gasteiger partial charge on any atom is -0.386 e. The van der Waals surface area contributed by atoms with Gasteiger partial charge < -0.3 is 5.73 Å². The summed E-state index contributed by atoms with van der Waals surface area (Å²) < 4.78 is 23.8. The number of carbonyl (C=O) groups is 1. The highest BCUT2D eigenvalue weighted by Gasteiger charge is 2.60. The second kappa shape index (κ2) is 4.29. The van der Waals surface area contributed by atoms with Gasteiger partial charge in [-0.2, -0.15) is 0 Å². The van der Waals surface area contributed by atoms with Crippen LogP contribution in [0.5, 0.6) is 0 Å². The van der Waals surface area contributed by atoms with Gasteiger partial charge in [0.05, 0.1) is 15.7 Å². The van der Waals surface area contributed by atoms with Gasteiger partial charge in [-0.05, 0) is 25.8 Å². The number of halogens is 1. The van der Waals surface area contributed by atoms with E-state index in [1.54, 1.807) is 6.07 Å². The van der Waals surface area contributed by atoms with Gasteiger partial charge in [-0.1, -0.05) is 11.6 Å². The van der Waals surface area contributed by atoms with E-state index in [9.17, 15) is 13.2 Å². The molecule has 0 aromatic carbocycles. The minimum absolute atomic E-state index is 0.0920. The average molecular weight is 333 g/mol. The lowest BCUT2D eigenvalue weighted by Gasteiger charge is -2.25. The van der Waals surface area contributed by atoms with E-state index in [0.717, 1.165) is 0 Å². The number of carbonyl (C=O) groups excluding carboxylic acids is 1. The van der Waals surface area contributed by atoms with Crippen molar-refractivity contribution >= 4 is 44.4 Å². The second-order valence-corrected chi connectivity index (χ2v) is 9.02. The highest BCUT2D eigenvalue weighted by Crippen LogP contribution is 2.49. The largest absolute Gasteiger partial charge is 0.386 e. The number of rotatable bonds is 2. The van der Waals surface area contributed by atoms with Gasteiger partial charge in [0, 0.05) is 4.88 Å².